The lowest BCUT2D eigenvalue weighted by Gasteiger charge is -2.26. The number of rotatable bonds is 5. The second-order valence-corrected chi connectivity index (χ2v) is 10.1. The molecule has 3 unspecified atom stereocenters. The molecule has 4 heterocycles. The van der Waals surface area contributed by atoms with Gasteiger partial charge in [-0.25, -0.2) is 9.97 Å². The molecule has 3 atom stereocenters. The number of nitrogens with zero attached hydrogens (tertiary/aromatic N) is 3. The zero-order chi connectivity index (χ0) is 23.1. The Kier molecular flexibility index (Phi) is 5.94. The molecular formula is C24H30N6O2S. The number of anilines is 2. The number of ether oxygens (including phenoxy) is 1. The summed E-state index contributed by atoms with van der Waals surface area (Å²) in [6, 6.07) is 8.23. The summed E-state index contributed by atoms with van der Waals surface area (Å²) in [5.74, 6) is 1.18. The fraction of sp³-hybridized carbons (Fsp3) is 0.458. The lowest BCUT2D eigenvalue weighted by atomic mass is 9.91. The highest BCUT2D eigenvalue weighted by molar-refractivity contribution is 7.21. The number of aryl methyl sites for hydroxylation is 2. The molecule has 1 aliphatic carbocycles. The van der Waals surface area contributed by atoms with E-state index in [1.54, 1.807) is 7.11 Å². The standard InChI is InChI=1S/C24H30N6O2S/c1-13-3-6-17-21(26)22(33-24(17)27-13)23(31)28-16-5-7-19-14(9-16)4-8-20(29-19)30-10-15(12-32-2)18(25)11-30/h3-4,6,8,15-16,18H,5,7,9-12,25-26H2,1-2H3,(H,28,31). The lowest BCUT2D eigenvalue weighted by molar-refractivity contribution is 0.0938. The van der Waals surface area contributed by atoms with E-state index in [1.165, 1.54) is 16.9 Å². The molecular weight excluding hydrogens is 436 g/mol. The zero-order valence-electron chi connectivity index (χ0n) is 19.0. The third-order valence-electron chi connectivity index (χ3n) is 6.72. The lowest BCUT2D eigenvalue weighted by Crippen LogP contribution is -2.39. The molecule has 0 radical (unpaired) electrons. The van der Waals surface area contributed by atoms with Gasteiger partial charge >= 0.3 is 0 Å². The Morgan fingerprint density at radius 1 is 1.27 bits per heavy atom. The molecule has 3 aromatic rings. The molecule has 0 aromatic carbocycles. The van der Waals surface area contributed by atoms with Gasteiger partial charge in [-0.05, 0) is 49.9 Å². The Hall–Kier alpha value is -2.75. The van der Waals surface area contributed by atoms with Crippen LogP contribution in [-0.4, -0.2) is 54.8 Å². The van der Waals surface area contributed by atoms with E-state index in [2.05, 4.69) is 27.3 Å². The van der Waals surface area contributed by atoms with Crippen molar-refractivity contribution < 1.29 is 9.53 Å². The van der Waals surface area contributed by atoms with Crippen molar-refractivity contribution in [1.29, 1.82) is 0 Å². The van der Waals surface area contributed by atoms with Crippen molar-refractivity contribution >= 4 is 39.0 Å². The first-order valence-electron chi connectivity index (χ1n) is 11.4. The smallest absolute Gasteiger partial charge is 0.263 e. The predicted octanol–water partition coefficient (Wildman–Crippen LogP) is 2.28. The molecule has 8 nitrogen and oxygen atoms in total. The topological polar surface area (TPSA) is 119 Å². The van der Waals surface area contributed by atoms with Crippen LogP contribution in [0.15, 0.2) is 24.3 Å². The van der Waals surface area contributed by atoms with Crippen molar-refractivity contribution in [2.45, 2.75) is 38.3 Å². The van der Waals surface area contributed by atoms with Gasteiger partial charge < -0.3 is 26.4 Å². The first kappa shape index (κ1) is 22.1. The van der Waals surface area contributed by atoms with Gasteiger partial charge in [-0.1, -0.05) is 6.07 Å². The Morgan fingerprint density at radius 2 is 2.12 bits per heavy atom. The van der Waals surface area contributed by atoms with Crippen molar-refractivity contribution in [3.05, 3.63) is 46.1 Å². The van der Waals surface area contributed by atoms with Crippen LogP contribution in [0.3, 0.4) is 0 Å². The highest BCUT2D eigenvalue weighted by Crippen LogP contribution is 2.33. The number of amides is 1. The minimum atomic E-state index is -0.124. The van der Waals surface area contributed by atoms with Crippen LogP contribution in [-0.2, 0) is 17.6 Å². The van der Waals surface area contributed by atoms with E-state index < -0.39 is 0 Å². The molecule has 0 saturated carbocycles. The molecule has 0 bridgehead atoms. The van der Waals surface area contributed by atoms with Crippen LogP contribution in [0.25, 0.3) is 10.2 Å². The third kappa shape index (κ3) is 4.28. The summed E-state index contributed by atoms with van der Waals surface area (Å²) in [5.41, 5.74) is 16.3. The second-order valence-electron chi connectivity index (χ2n) is 9.12. The number of nitrogen functional groups attached to an aromatic ring is 1. The van der Waals surface area contributed by atoms with E-state index in [0.29, 0.717) is 23.1 Å². The number of carbonyl (C=O) groups is 1. The fourth-order valence-electron chi connectivity index (χ4n) is 4.88. The predicted molar refractivity (Wildman–Crippen MR) is 132 cm³/mol. The Labute approximate surface area is 197 Å². The molecule has 174 valence electrons. The first-order chi connectivity index (χ1) is 15.9. The molecule has 1 fully saturated rings. The molecule has 0 spiro atoms. The van der Waals surface area contributed by atoms with Crippen LogP contribution in [0, 0.1) is 12.8 Å². The average Bonchev–Trinajstić information content (AvgIpc) is 3.33. The normalized spacial score (nSPS) is 22.5. The van der Waals surface area contributed by atoms with Gasteiger partial charge in [-0.3, -0.25) is 4.79 Å². The summed E-state index contributed by atoms with van der Waals surface area (Å²) >= 11 is 1.35. The number of carbonyl (C=O) groups excluding carboxylic acids is 1. The van der Waals surface area contributed by atoms with E-state index in [-0.39, 0.29) is 18.0 Å². The maximum Gasteiger partial charge on any atom is 0.263 e. The van der Waals surface area contributed by atoms with E-state index in [1.807, 2.05) is 19.1 Å². The number of pyridine rings is 2. The summed E-state index contributed by atoms with van der Waals surface area (Å²) in [5, 5.41) is 4.03. The number of hydrogen-bond donors (Lipinski definition) is 3. The number of thiophene rings is 1. The highest BCUT2D eigenvalue weighted by Gasteiger charge is 2.31. The van der Waals surface area contributed by atoms with E-state index in [9.17, 15) is 4.79 Å². The van der Waals surface area contributed by atoms with Crippen LogP contribution >= 0.6 is 11.3 Å². The highest BCUT2D eigenvalue weighted by atomic mass is 32.1. The maximum atomic E-state index is 13.0. The number of nitrogens with two attached hydrogens (primary N) is 2. The van der Waals surface area contributed by atoms with Gasteiger partial charge in [0.1, 0.15) is 15.5 Å². The van der Waals surface area contributed by atoms with Crippen molar-refractivity contribution in [1.82, 2.24) is 15.3 Å². The van der Waals surface area contributed by atoms with E-state index in [0.717, 1.165) is 59.8 Å². The van der Waals surface area contributed by atoms with Crippen molar-refractivity contribution in [3.63, 3.8) is 0 Å². The first-order valence-corrected chi connectivity index (χ1v) is 12.2. The van der Waals surface area contributed by atoms with Crippen LogP contribution < -0.4 is 21.7 Å². The van der Waals surface area contributed by atoms with Gasteiger partial charge in [0.2, 0.25) is 0 Å². The van der Waals surface area contributed by atoms with Gasteiger partial charge in [-0.15, -0.1) is 11.3 Å². The van der Waals surface area contributed by atoms with E-state index in [4.69, 9.17) is 21.2 Å². The summed E-state index contributed by atoms with van der Waals surface area (Å²) in [7, 11) is 1.72. The third-order valence-corrected chi connectivity index (χ3v) is 7.83. The summed E-state index contributed by atoms with van der Waals surface area (Å²) in [6.45, 7) is 4.27. The Bertz CT molecular complexity index is 1200. The fourth-order valence-corrected chi connectivity index (χ4v) is 5.92. The van der Waals surface area contributed by atoms with Crippen LogP contribution in [0.1, 0.15) is 33.0 Å². The molecule has 3 aromatic heterocycles. The average molecular weight is 467 g/mol. The second kappa shape index (κ2) is 8.89. The van der Waals surface area contributed by atoms with Crippen LogP contribution in [0.2, 0.25) is 0 Å². The SMILES string of the molecule is COCC1CN(c2ccc3c(n2)CCC(NC(=O)c2sc4nc(C)ccc4c2N)C3)CC1N. The molecule has 2 aliphatic rings. The largest absolute Gasteiger partial charge is 0.397 e. The maximum absolute atomic E-state index is 13.0. The van der Waals surface area contributed by atoms with Gasteiger partial charge in [0.15, 0.2) is 0 Å². The monoisotopic (exact) mass is 466 g/mol. The summed E-state index contributed by atoms with van der Waals surface area (Å²) in [4.78, 5) is 26.0. The van der Waals surface area contributed by atoms with Gasteiger partial charge in [0.25, 0.3) is 5.91 Å². The van der Waals surface area contributed by atoms with Crippen LogP contribution in [0.5, 0.6) is 0 Å². The van der Waals surface area contributed by atoms with Crippen molar-refractivity contribution in [2.24, 2.45) is 11.7 Å². The minimum Gasteiger partial charge on any atom is -0.397 e. The molecule has 5 N–H and O–H groups in total. The molecule has 1 aliphatic heterocycles. The zero-order valence-corrected chi connectivity index (χ0v) is 19.8. The molecule has 1 amide bonds. The summed E-state index contributed by atoms with van der Waals surface area (Å²) in [6.07, 6.45) is 2.45. The number of methoxy groups -OCH3 is 1. The van der Waals surface area contributed by atoms with Gasteiger partial charge in [-0.2, -0.15) is 0 Å². The van der Waals surface area contributed by atoms with Crippen LogP contribution in [0.4, 0.5) is 11.5 Å². The van der Waals surface area contributed by atoms with E-state index >= 15 is 0 Å². The van der Waals surface area contributed by atoms with Crippen molar-refractivity contribution in [2.75, 3.05) is 37.4 Å². The van der Waals surface area contributed by atoms with Gasteiger partial charge in [0, 0.05) is 55.0 Å². The van der Waals surface area contributed by atoms with Crippen molar-refractivity contribution in [3.8, 4) is 0 Å². The molecule has 9 heteroatoms. The number of nitrogens with one attached hydrogen (secondary N) is 1. The quantitative estimate of drug-likeness (QED) is 0.528. The van der Waals surface area contributed by atoms with Gasteiger partial charge in [0.05, 0.1) is 12.3 Å². The number of aromatic nitrogens is 2. The number of hydrogen-bond acceptors (Lipinski definition) is 8. The Morgan fingerprint density at radius 3 is 2.94 bits per heavy atom. The molecule has 33 heavy (non-hydrogen) atoms. The Balaban J connectivity index is 1.26. The number of fused-ring (bicyclic) bond motifs is 2. The minimum absolute atomic E-state index is 0.0586. The summed E-state index contributed by atoms with van der Waals surface area (Å²) < 4.78 is 5.30. The molecule has 1 saturated heterocycles. The molecule has 5 rings (SSSR count).